The van der Waals surface area contributed by atoms with Crippen LogP contribution in [0.15, 0.2) is 78.5 Å². The van der Waals surface area contributed by atoms with Crippen LogP contribution >= 0.6 is 11.8 Å². The molecule has 1 aromatic carbocycles. The van der Waals surface area contributed by atoms with Gasteiger partial charge in [-0.05, 0) is 31.6 Å². The Kier molecular flexibility index (Phi) is 10.3. The zero-order valence-corrected chi connectivity index (χ0v) is 21.9. The highest BCUT2D eigenvalue weighted by atomic mass is 32.2. The van der Waals surface area contributed by atoms with Gasteiger partial charge >= 0.3 is 11.9 Å². The number of rotatable bonds is 14. The fourth-order valence-electron chi connectivity index (χ4n) is 3.75. The Morgan fingerprint density at radius 3 is 2.59 bits per heavy atom. The van der Waals surface area contributed by atoms with Crippen molar-refractivity contribution in [1.82, 2.24) is 0 Å². The van der Waals surface area contributed by atoms with Crippen LogP contribution < -0.4 is 0 Å². The van der Waals surface area contributed by atoms with E-state index in [0.29, 0.717) is 12.2 Å². The number of esters is 2. The Bertz CT molecular complexity index is 1080. The molecule has 9 heteroatoms. The molecule has 8 nitrogen and oxygen atoms in total. The molecule has 0 saturated heterocycles. The van der Waals surface area contributed by atoms with Crippen LogP contribution in [0.2, 0.25) is 0 Å². The highest BCUT2D eigenvalue weighted by Crippen LogP contribution is 2.41. The molecule has 2 aliphatic rings. The molecule has 0 amide bonds. The van der Waals surface area contributed by atoms with Crippen molar-refractivity contribution < 1.29 is 38.1 Å². The minimum Gasteiger partial charge on any atom is -0.492 e. The lowest BCUT2D eigenvalue weighted by molar-refractivity contribution is -0.200. The summed E-state index contributed by atoms with van der Waals surface area (Å²) in [5, 5.41) is 0.0548. The van der Waals surface area contributed by atoms with Crippen molar-refractivity contribution in [2.24, 2.45) is 5.92 Å². The molecular formula is C28H32O8S. The quantitative estimate of drug-likeness (QED) is 0.150. The summed E-state index contributed by atoms with van der Waals surface area (Å²) in [5.41, 5.74) is -0.453. The minimum absolute atomic E-state index is 0.0548. The number of hydrogen-bond acceptors (Lipinski definition) is 9. The number of ether oxygens (including phenoxy) is 5. The molecule has 0 radical (unpaired) electrons. The average Bonchev–Trinajstić information content (AvgIpc) is 2.92. The zero-order valence-electron chi connectivity index (χ0n) is 21.1. The lowest BCUT2D eigenvalue weighted by Crippen LogP contribution is -2.45. The fraction of sp³-hybridized carbons (Fsp3) is 0.393. The number of fused-ring (bicyclic) bond motifs is 2. The van der Waals surface area contributed by atoms with Gasteiger partial charge < -0.3 is 23.7 Å². The Labute approximate surface area is 221 Å². The number of allylic oxidation sites excluding steroid dienone is 2. The summed E-state index contributed by atoms with van der Waals surface area (Å²) < 4.78 is 27.8. The summed E-state index contributed by atoms with van der Waals surface area (Å²) in [6.45, 7) is 10.5. The third kappa shape index (κ3) is 7.67. The van der Waals surface area contributed by atoms with Crippen molar-refractivity contribution in [3.05, 3.63) is 79.1 Å². The Morgan fingerprint density at radius 2 is 1.86 bits per heavy atom. The van der Waals surface area contributed by atoms with Gasteiger partial charge in [0.2, 0.25) is 0 Å². The predicted octanol–water partition coefficient (Wildman–Crippen LogP) is 4.42. The normalized spacial score (nSPS) is 20.4. The second-order valence-electron chi connectivity index (χ2n) is 8.47. The molecule has 0 N–H and O–H groups in total. The maximum absolute atomic E-state index is 12.9. The monoisotopic (exact) mass is 528 g/mol. The Hall–Kier alpha value is -3.14. The maximum Gasteiger partial charge on any atom is 0.330 e. The van der Waals surface area contributed by atoms with E-state index >= 15 is 0 Å². The Balaban J connectivity index is 1.46. The molecule has 1 aliphatic carbocycles. The van der Waals surface area contributed by atoms with Gasteiger partial charge in [0.15, 0.2) is 17.7 Å². The molecule has 1 aliphatic heterocycles. The number of ketones is 1. The van der Waals surface area contributed by atoms with Crippen LogP contribution in [0.25, 0.3) is 0 Å². The van der Waals surface area contributed by atoms with E-state index in [0.717, 1.165) is 22.6 Å². The van der Waals surface area contributed by atoms with Crippen molar-refractivity contribution in [2.45, 2.75) is 42.3 Å². The van der Waals surface area contributed by atoms with Gasteiger partial charge in [0.1, 0.15) is 19.0 Å². The summed E-state index contributed by atoms with van der Waals surface area (Å²) in [7, 11) is 0. The molecule has 0 spiro atoms. The maximum atomic E-state index is 12.9. The van der Waals surface area contributed by atoms with Crippen molar-refractivity contribution in [1.29, 1.82) is 0 Å². The van der Waals surface area contributed by atoms with Crippen LogP contribution in [-0.4, -0.2) is 61.3 Å². The molecule has 0 aromatic heterocycles. The summed E-state index contributed by atoms with van der Waals surface area (Å²) in [4.78, 5) is 37.3. The third-order valence-corrected chi connectivity index (χ3v) is 7.26. The number of benzene rings is 1. The highest BCUT2D eigenvalue weighted by molar-refractivity contribution is 8.00. The minimum atomic E-state index is -1.20. The fourth-order valence-corrected chi connectivity index (χ4v) is 5.01. The van der Waals surface area contributed by atoms with E-state index in [2.05, 4.69) is 13.2 Å². The number of thioether (sulfide) groups is 1. The molecule has 198 valence electrons. The largest absolute Gasteiger partial charge is 0.492 e. The van der Waals surface area contributed by atoms with Gasteiger partial charge in [-0.1, -0.05) is 44.4 Å². The number of carbonyl (C=O) groups is 3. The van der Waals surface area contributed by atoms with E-state index in [1.807, 2.05) is 42.5 Å². The zero-order chi connectivity index (χ0) is 26.8. The topological polar surface area (TPSA) is 97.4 Å². The van der Waals surface area contributed by atoms with Gasteiger partial charge in [-0.25, -0.2) is 9.59 Å². The van der Waals surface area contributed by atoms with E-state index in [4.69, 9.17) is 23.7 Å². The first kappa shape index (κ1) is 28.4. The van der Waals surface area contributed by atoms with Crippen LogP contribution in [0, 0.1) is 5.92 Å². The van der Waals surface area contributed by atoms with Gasteiger partial charge in [0, 0.05) is 27.9 Å². The first-order valence-corrected chi connectivity index (χ1v) is 12.9. The van der Waals surface area contributed by atoms with Crippen LogP contribution in [0.1, 0.15) is 30.6 Å². The third-order valence-electron chi connectivity index (χ3n) is 5.92. The molecule has 4 unspecified atom stereocenters. The summed E-state index contributed by atoms with van der Waals surface area (Å²) >= 11 is 1.68. The van der Waals surface area contributed by atoms with Gasteiger partial charge in [-0.2, -0.15) is 0 Å². The van der Waals surface area contributed by atoms with Crippen molar-refractivity contribution in [3.63, 3.8) is 0 Å². The van der Waals surface area contributed by atoms with Gasteiger partial charge in [-0.15, -0.1) is 11.8 Å². The first-order chi connectivity index (χ1) is 17.8. The van der Waals surface area contributed by atoms with Gasteiger partial charge in [0.05, 0.1) is 19.1 Å². The lowest BCUT2D eigenvalue weighted by atomic mass is 9.90. The standard InChI is InChI=1S/C28H32O8S/c1-5-25(29)35-18-28(7-3,36-26(30)6-2)17-34-19(4)32-14-15-33-20-12-13-24-22(16-20)27(31)21-10-8-9-11-23(21)37-24/h5-6,8-13,16,19,22,24H,1-2,7,14-15,17-18H2,3-4H3. The molecular weight excluding hydrogens is 496 g/mol. The highest BCUT2D eigenvalue weighted by Gasteiger charge is 2.36. The molecule has 3 rings (SSSR count). The molecule has 1 aromatic rings. The smallest absolute Gasteiger partial charge is 0.330 e. The second kappa shape index (κ2) is 13.4. The summed E-state index contributed by atoms with van der Waals surface area (Å²) in [6, 6.07) is 7.65. The molecule has 0 fully saturated rings. The number of hydrogen-bond donors (Lipinski definition) is 0. The molecule has 37 heavy (non-hydrogen) atoms. The first-order valence-electron chi connectivity index (χ1n) is 12.0. The van der Waals surface area contributed by atoms with E-state index < -0.39 is 23.8 Å². The van der Waals surface area contributed by atoms with E-state index in [9.17, 15) is 14.4 Å². The molecule has 0 bridgehead atoms. The van der Waals surface area contributed by atoms with Crippen LogP contribution in [-0.2, 0) is 33.3 Å². The molecule has 4 atom stereocenters. The van der Waals surface area contributed by atoms with Crippen molar-refractivity contribution in [3.8, 4) is 0 Å². The second-order valence-corrected chi connectivity index (χ2v) is 9.69. The van der Waals surface area contributed by atoms with Crippen molar-refractivity contribution >= 4 is 29.5 Å². The summed E-state index contributed by atoms with van der Waals surface area (Å²) in [6.07, 6.45) is 7.48. The van der Waals surface area contributed by atoms with Crippen LogP contribution in [0.4, 0.5) is 0 Å². The number of Topliss-reactive ketones (excluding diaryl/α,β-unsaturated/α-hetero) is 1. The van der Waals surface area contributed by atoms with Crippen LogP contribution in [0.5, 0.6) is 0 Å². The van der Waals surface area contributed by atoms with Gasteiger partial charge in [0.25, 0.3) is 0 Å². The molecule has 0 saturated carbocycles. The summed E-state index contributed by atoms with van der Waals surface area (Å²) in [5.74, 6) is -0.838. The number of carbonyl (C=O) groups excluding carboxylic acids is 3. The van der Waals surface area contributed by atoms with Crippen LogP contribution in [0.3, 0.4) is 0 Å². The predicted molar refractivity (Wildman–Crippen MR) is 139 cm³/mol. The van der Waals surface area contributed by atoms with E-state index in [-0.39, 0.29) is 43.4 Å². The van der Waals surface area contributed by atoms with Crippen molar-refractivity contribution in [2.75, 3.05) is 26.4 Å². The molecule has 1 heterocycles. The lowest BCUT2D eigenvalue weighted by Gasteiger charge is -2.32. The van der Waals surface area contributed by atoms with E-state index in [1.54, 1.807) is 25.6 Å². The average molecular weight is 529 g/mol. The SMILES string of the molecule is C=CC(=O)OCC(CC)(COC(C)OCCOC1=CC2C(=O)c3ccccc3SC2C=C1)OC(=O)C=C. The van der Waals surface area contributed by atoms with Gasteiger partial charge in [-0.3, -0.25) is 4.79 Å². The Morgan fingerprint density at radius 1 is 1.11 bits per heavy atom. The van der Waals surface area contributed by atoms with E-state index in [1.165, 1.54) is 0 Å².